The Kier molecular flexibility index (Phi) is 3.30. The molecule has 0 bridgehead atoms. The number of rotatable bonds is 3. The number of ketones is 1. The van der Waals surface area contributed by atoms with Gasteiger partial charge in [0.05, 0.1) is 0 Å². The fourth-order valence-electron chi connectivity index (χ4n) is 1.83. The van der Waals surface area contributed by atoms with Gasteiger partial charge < -0.3 is 0 Å². The van der Waals surface area contributed by atoms with Crippen molar-refractivity contribution in [3.63, 3.8) is 0 Å². The third-order valence-corrected chi connectivity index (χ3v) is 9.62. The second-order valence-electron chi connectivity index (χ2n) is 3.69. The monoisotopic (exact) mass is 308 g/mol. The molecular formula is C11H16NOTe. The number of fused-ring (bicyclic) bond motifs is 1. The van der Waals surface area contributed by atoms with E-state index in [0.717, 1.165) is 4.47 Å². The van der Waals surface area contributed by atoms with Crippen LogP contribution >= 0.6 is 0 Å². The second kappa shape index (κ2) is 4.51. The predicted octanol–water partition coefficient (Wildman–Crippen LogP) is 1.82. The summed E-state index contributed by atoms with van der Waals surface area (Å²) in [6.45, 7) is 2.22. The van der Waals surface area contributed by atoms with Gasteiger partial charge in [0.1, 0.15) is 0 Å². The molecule has 2 heterocycles. The van der Waals surface area contributed by atoms with Crippen LogP contribution in [-0.2, 0) is 4.79 Å². The van der Waals surface area contributed by atoms with Gasteiger partial charge in [-0.3, -0.25) is 0 Å². The zero-order valence-electron chi connectivity index (χ0n) is 8.45. The van der Waals surface area contributed by atoms with E-state index >= 15 is 0 Å². The molecule has 0 spiro atoms. The van der Waals surface area contributed by atoms with Gasteiger partial charge >= 0.3 is 92.2 Å². The molecule has 1 fully saturated rings. The van der Waals surface area contributed by atoms with Crippen molar-refractivity contribution >= 4 is 25.3 Å². The molecule has 14 heavy (non-hydrogen) atoms. The first-order valence-corrected chi connectivity index (χ1v) is 9.62. The van der Waals surface area contributed by atoms with Crippen molar-refractivity contribution in [1.82, 2.24) is 5.32 Å². The average Bonchev–Trinajstić information content (AvgIpc) is 2.54. The predicted molar refractivity (Wildman–Crippen MR) is 59.4 cm³/mol. The quantitative estimate of drug-likeness (QED) is 0.806. The topological polar surface area (TPSA) is 29.1 Å². The summed E-state index contributed by atoms with van der Waals surface area (Å²) in [5.74, 6) is 0.438. The third kappa shape index (κ3) is 1.89. The maximum absolute atomic E-state index is 11.7. The number of hydrogen-bond acceptors (Lipinski definition) is 2. The fourth-order valence-corrected chi connectivity index (χ4v) is 8.96. The molecule has 2 aliphatic heterocycles. The van der Waals surface area contributed by atoms with Crippen LogP contribution in [0.25, 0.3) is 0 Å². The number of Topliss-reactive ketones (excluding diaryl/α,β-unsaturated/α-hetero) is 1. The first-order chi connectivity index (χ1) is 6.83. The van der Waals surface area contributed by atoms with E-state index in [1.165, 1.54) is 20.9 Å². The van der Waals surface area contributed by atoms with Gasteiger partial charge in [-0.25, -0.2) is 0 Å². The molecular weight excluding hydrogens is 290 g/mol. The van der Waals surface area contributed by atoms with Crippen LogP contribution < -0.4 is 5.32 Å². The molecule has 0 aromatic rings. The summed E-state index contributed by atoms with van der Waals surface area (Å²) in [5.41, 5.74) is 0. The summed E-state index contributed by atoms with van der Waals surface area (Å²) in [6, 6.07) is 0.0773. The van der Waals surface area contributed by atoms with Gasteiger partial charge in [-0.05, 0) is 0 Å². The van der Waals surface area contributed by atoms with E-state index in [1.807, 2.05) is 12.3 Å². The average molecular weight is 306 g/mol. The van der Waals surface area contributed by atoms with Crippen molar-refractivity contribution < 1.29 is 4.79 Å². The molecule has 2 nitrogen and oxygen atoms in total. The van der Waals surface area contributed by atoms with Crippen molar-refractivity contribution in [2.45, 2.75) is 34.7 Å². The van der Waals surface area contributed by atoms with Gasteiger partial charge in [0.25, 0.3) is 0 Å². The summed E-state index contributed by atoms with van der Waals surface area (Å²) >= 11 is -1.21. The minimum absolute atomic E-state index is 0.0773. The Balaban J connectivity index is 2.08. The number of nitrogens with one attached hydrogen (secondary N) is 1. The van der Waals surface area contributed by atoms with Crippen LogP contribution in [0, 0.1) is 0 Å². The van der Waals surface area contributed by atoms with Gasteiger partial charge in [0.15, 0.2) is 0 Å². The number of carbonyl (C=O) groups is 1. The maximum atomic E-state index is 11.7. The SMILES string of the molecule is CCCC[Te]1CC(=O)C2NC=CC=C21. The van der Waals surface area contributed by atoms with Crippen LogP contribution in [0.2, 0.25) is 8.94 Å². The minimum atomic E-state index is -1.21. The van der Waals surface area contributed by atoms with Crippen LogP contribution in [0.1, 0.15) is 19.8 Å². The number of carbonyl (C=O) groups excluding carboxylic acids is 1. The van der Waals surface area contributed by atoms with Gasteiger partial charge in [-0.15, -0.1) is 0 Å². The number of hydrogen-bond donors (Lipinski definition) is 1. The second-order valence-corrected chi connectivity index (χ2v) is 9.84. The zero-order chi connectivity index (χ0) is 9.97. The summed E-state index contributed by atoms with van der Waals surface area (Å²) in [4.78, 5) is 11.7. The molecule has 1 radical (unpaired) electrons. The molecule has 2 rings (SSSR count). The third-order valence-electron chi connectivity index (χ3n) is 2.62. The molecule has 3 heteroatoms. The normalized spacial score (nSPS) is 25.9. The Labute approximate surface area is 92.1 Å². The molecule has 1 unspecified atom stereocenters. The van der Waals surface area contributed by atoms with E-state index in [9.17, 15) is 4.79 Å². The Morgan fingerprint density at radius 3 is 3.29 bits per heavy atom. The van der Waals surface area contributed by atoms with Crippen LogP contribution in [-0.4, -0.2) is 31.4 Å². The molecule has 1 atom stereocenters. The molecule has 0 amide bonds. The first kappa shape index (κ1) is 10.3. The summed E-state index contributed by atoms with van der Waals surface area (Å²) < 4.78 is 3.73. The molecule has 0 aromatic carbocycles. The van der Waals surface area contributed by atoms with E-state index < -0.39 is 19.6 Å². The molecule has 1 N–H and O–H groups in total. The van der Waals surface area contributed by atoms with E-state index in [-0.39, 0.29) is 6.04 Å². The fraction of sp³-hybridized carbons (Fsp3) is 0.545. The van der Waals surface area contributed by atoms with E-state index in [4.69, 9.17) is 0 Å². The molecule has 77 valence electrons. The zero-order valence-corrected chi connectivity index (χ0v) is 10.8. The molecule has 0 aromatic heterocycles. The number of dihydropyridines is 1. The van der Waals surface area contributed by atoms with Gasteiger partial charge in [0, 0.05) is 0 Å². The van der Waals surface area contributed by atoms with Gasteiger partial charge in [-0.1, -0.05) is 0 Å². The van der Waals surface area contributed by atoms with Gasteiger partial charge in [0.2, 0.25) is 0 Å². The van der Waals surface area contributed by atoms with E-state index in [0.29, 0.717) is 5.78 Å². The standard InChI is InChI=1S/C11H16NOTe/c1-2-3-7-14-8-9(13)11-10(14)5-4-6-12-11/h4-6,11-12H,2-3,7-8H2,1H3. The van der Waals surface area contributed by atoms with Crippen molar-refractivity contribution in [2.75, 3.05) is 0 Å². The van der Waals surface area contributed by atoms with E-state index in [2.05, 4.69) is 18.3 Å². The number of allylic oxidation sites excluding steroid dienone is 2. The molecule has 2 aliphatic rings. The Morgan fingerprint density at radius 2 is 2.50 bits per heavy atom. The van der Waals surface area contributed by atoms with Crippen LogP contribution in [0.15, 0.2) is 22.0 Å². The summed E-state index contributed by atoms with van der Waals surface area (Å²) in [7, 11) is 0. The molecule has 0 aliphatic carbocycles. The van der Waals surface area contributed by atoms with Crippen LogP contribution in [0.3, 0.4) is 0 Å². The molecule has 1 saturated heterocycles. The van der Waals surface area contributed by atoms with Crippen molar-refractivity contribution in [3.8, 4) is 0 Å². The van der Waals surface area contributed by atoms with Gasteiger partial charge in [-0.2, -0.15) is 0 Å². The summed E-state index contributed by atoms with van der Waals surface area (Å²) in [5, 5.41) is 3.18. The van der Waals surface area contributed by atoms with Crippen molar-refractivity contribution in [2.24, 2.45) is 0 Å². The van der Waals surface area contributed by atoms with E-state index in [1.54, 1.807) is 0 Å². The van der Waals surface area contributed by atoms with Crippen LogP contribution in [0.4, 0.5) is 0 Å². The Morgan fingerprint density at radius 1 is 1.64 bits per heavy atom. The number of unbranched alkanes of at least 4 members (excludes halogenated alkanes) is 1. The summed E-state index contributed by atoms with van der Waals surface area (Å²) in [6.07, 6.45) is 8.70. The van der Waals surface area contributed by atoms with Crippen LogP contribution in [0.5, 0.6) is 0 Å². The Hall–Kier alpha value is -0.260. The van der Waals surface area contributed by atoms with Crippen molar-refractivity contribution in [3.05, 3.63) is 22.0 Å². The van der Waals surface area contributed by atoms with Crippen molar-refractivity contribution in [1.29, 1.82) is 0 Å². The first-order valence-electron chi connectivity index (χ1n) is 5.16. The Bertz CT molecular complexity index is 296. The molecule has 0 saturated carbocycles.